The number of carbonyl (C=O) groups excluding carboxylic acids is 1. The summed E-state index contributed by atoms with van der Waals surface area (Å²) in [7, 11) is 0. The first-order valence-corrected chi connectivity index (χ1v) is 6.67. The maximum atomic E-state index is 12.0. The molecule has 5 nitrogen and oxygen atoms in total. The van der Waals surface area contributed by atoms with Crippen LogP contribution in [-0.4, -0.2) is 39.4 Å². The molecule has 1 aliphatic carbocycles. The molecular weight excluding hydrogens is 244 g/mol. The molecule has 0 aliphatic heterocycles. The first-order chi connectivity index (χ1) is 9.08. The van der Waals surface area contributed by atoms with Crippen molar-refractivity contribution in [3.05, 3.63) is 29.6 Å². The summed E-state index contributed by atoms with van der Waals surface area (Å²) in [6.07, 6.45) is 2.89. The van der Waals surface area contributed by atoms with Gasteiger partial charge in [-0.05, 0) is 31.9 Å². The molecule has 3 atom stereocenters. The zero-order valence-electron chi connectivity index (χ0n) is 11.0. The lowest BCUT2D eigenvalue weighted by Gasteiger charge is -2.24. The van der Waals surface area contributed by atoms with Gasteiger partial charge < -0.3 is 15.5 Å². The zero-order valence-corrected chi connectivity index (χ0v) is 11.0. The topological polar surface area (TPSA) is 82.5 Å². The second-order valence-corrected chi connectivity index (χ2v) is 5.11. The van der Waals surface area contributed by atoms with Crippen molar-refractivity contribution in [3.8, 4) is 0 Å². The number of nitrogens with zero attached hydrogens (tertiary/aromatic N) is 1. The molecule has 2 rings (SSSR count). The van der Waals surface area contributed by atoms with Crippen LogP contribution in [0.5, 0.6) is 0 Å². The molecule has 1 heterocycles. The Labute approximate surface area is 112 Å². The number of carbonyl (C=O) groups is 1. The molecular formula is C14H20N2O3. The number of aromatic nitrogens is 1. The summed E-state index contributed by atoms with van der Waals surface area (Å²) < 4.78 is 0. The van der Waals surface area contributed by atoms with E-state index in [0.29, 0.717) is 18.4 Å². The average Bonchev–Trinajstić information content (AvgIpc) is 2.55. The van der Waals surface area contributed by atoms with Gasteiger partial charge in [-0.15, -0.1) is 0 Å². The van der Waals surface area contributed by atoms with Crippen LogP contribution in [0.4, 0.5) is 0 Å². The van der Waals surface area contributed by atoms with Gasteiger partial charge in [-0.25, -0.2) is 0 Å². The van der Waals surface area contributed by atoms with Crippen LogP contribution in [0.2, 0.25) is 0 Å². The van der Waals surface area contributed by atoms with E-state index >= 15 is 0 Å². The summed E-state index contributed by atoms with van der Waals surface area (Å²) >= 11 is 0. The summed E-state index contributed by atoms with van der Waals surface area (Å²) in [5.41, 5.74) is 1.32. The summed E-state index contributed by atoms with van der Waals surface area (Å²) in [6.45, 7) is 1.85. The highest BCUT2D eigenvalue weighted by Crippen LogP contribution is 2.19. The van der Waals surface area contributed by atoms with Crippen molar-refractivity contribution in [2.75, 3.05) is 0 Å². The Hall–Kier alpha value is -1.46. The number of pyridine rings is 1. The number of hydrogen-bond donors (Lipinski definition) is 3. The third-order valence-electron chi connectivity index (χ3n) is 3.56. The van der Waals surface area contributed by atoms with Crippen LogP contribution >= 0.6 is 0 Å². The maximum Gasteiger partial charge on any atom is 0.253 e. The number of rotatable bonds is 2. The van der Waals surface area contributed by atoms with Crippen molar-refractivity contribution in [2.24, 2.45) is 0 Å². The van der Waals surface area contributed by atoms with Gasteiger partial charge in [0.15, 0.2) is 0 Å². The van der Waals surface area contributed by atoms with Gasteiger partial charge in [0.1, 0.15) is 0 Å². The third-order valence-corrected chi connectivity index (χ3v) is 3.56. The predicted octanol–water partition coefficient (Wildman–Crippen LogP) is 0.784. The van der Waals surface area contributed by atoms with Crippen LogP contribution < -0.4 is 5.32 Å². The number of amides is 1. The Balaban J connectivity index is 2.02. The lowest BCUT2D eigenvalue weighted by molar-refractivity contribution is -0.00124. The predicted molar refractivity (Wildman–Crippen MR) is 70.7 cm³/mol. The second-order valence-electron chi connectivity index (χ2n) is 5.11. The molecule has 19 heavy (non-hydrogen) atoms. The highest BCUT2D eigenvalue weighted by molar-refractivity contribution is 5.94. The van der Waals surface area contributed by atoms with Gasteiger partial charge in [-0.1, -0.05) is 12.8 Å². The molecule has 1 aromatic rings. The lowest BCUT2D eigenvalue weighted by atomic mass is 10.0. The van der Waals surface area contributed by atoms with Crippen molar-refractivity contribution in [1.82, 2.24) is 10.3 Å². The Morgan fingerprint density at radius 2 is 2.05 bits per heavy atom. The molecule has 0 bridgehead atoms. The molecule has 1 saturated carbocycles. The molecule has 1 aromatic heterocycles. The van der Waals surface area contributed by atoms with Crippen LogP contribution in [0.25, 0.3) is 0 Å². The zero-order chi connectivity index (χ0) is 13.8. The Morgan fingerprint density at radius 3 is 2.74 bits per heavy atom. The van der Waals surface area contributed by atoms with E-state index in [-0.39, 0.29) is 5.91 Å². The minimum Gasteiger partial charge on any atom is -0.390 e. The number of hydrogen-bond acceptors (Lipinski definition) is 4. The minimum atomic E-state index is -0.898. The fraction of sp³-hybridized carbons (Fsp3) is 0.571. The summed E-state index contributed by atoms with van der Waals surface area (Å²) in [6, 6.07) is 3.08. The van der Waals surface area contributed by atoms with Crippen molar-refractivity contribution < 1.29 is 15.0 Å². The highest BCUT2D eigenvalue weighted by atomic mass is 16.3. The van der Waals surface area contributed by atoms with Crippen molar-refractivity contribution in [3.63, 3.8) is 0 Å². The molecule has 1 fully saturated rings. The first-order valence-electron chi connectivity index (χ1n) is 6.67. The van der Waals surface area contributed by atoms with Gasteiger partial charge in [-0.2, -0.15) is 0 Å². The van der Waals surface area contributed by atoms with E-state index in [1.165, 1.54) is 6.20 Å². The van der Waals surface area contributed by atoms with E-state index in [2.05, 4.69) is 10.3 Å². The van der Waals surface area contributed by atoms with Gasteiger partial charge in [0.25, 0.3) is 5.91 Å². The van der Waals surface area contributed by atoms with Gasteiger partial charge in [0.2, 0.25) is 0 Å². The van der Waals surface area contributed by atoms with E-state index in [1.807, 2.05) is 6.92 Å². The quantitative estimate of drug-likeness (QED) is 0.690. The third kappa shape index (κ3) is 3.52. The molecule has 0 aromatic carbocycles. The van der Waals surface area contributed by atoms with Crippen LogP contribution in [0.1, 0.15) is 41.7 Å². The highest BCUT2D eigenvalue weighted by Gasteiger charge is 2.29. The maximum absolute atomic E-state index is 12.0. The van der Waals surface area contributed by atoms with E-state index in [0.717, 1.165) is 18.5 Å². The van der Waals surface area contributed by atoms with Crippen LogP contribution in [-0.2, 0) is 0 Å². The number of nitrogens with one attached hydrogen (secondary N) is 1. The first kappa shape index (κ1) is 14.0. The van der Waals surface area contributed by atoms with Gasteiger partial charge in [0, 0.05) is 11.9 Å². The molecule has 0 saturated heterocycles. The van der Waals surface area contributed by atoms with Gasteiger partial charge >= 0.3 is 0 Å². The normalized spacial score (nSPS) is 27.6. The van der Waals surface area contributed by atoms with Crippen LogP contribution in [0, 0.1) is 6.92 Å². The lowest BCUT2D eigenvalue weighted by Crippen LogP contribution is -2.47. The molecule has 1 aliphatic rings. The Kier molecular flexibility index (Phi) is 4.50. The van der Waals surface area contributed by atoms with Crippen LogP contribution in [0.15, 0.2) is 18.3 Å². The summed E-state index contributed by atoms with van der Waals surface area (Å²) in [5.74, 6) is -0.259. The van der Waals surface area contributed by atoms with E-state index < -0.39 is 18.2 Å². The molecule has 0 radical (unpaired) electrons. The van der Waals surface area contributed by atoms with Gasteiger partial charge in [0.05, 0.1) is 23.8 Å². The number of aryl methyl sites for hydroxylation is 1. The van der Waals surface area contributed by atoms with Gasteiger partial charge in [-0.3, -0.25) is 9.78 Å². The van der Waals surface area contributed by atoms with Crippen molar-refractivity contribution >= 4 is 5.91 Å². The average molecular weight is 264 g/mol. The van der Waals surface area contributed by atoms with E-state index in [4.69, 9.17) is 0 Å². The van der Waals surface area contributed by atoms with E-state index in [9.17, 15) is 15.0 Å². The monoisotopic (exact) mass is 264 g/mol. The SMILES string of the molecule is Cc1ccc(C(=O)N[C@@H]2CCCC[C@@H](O)[C@@H]2O)cn1. The van der Waals surface area contributed by atoms with Crippen molar-refractivity contribution in [2.45, 2.75) is 50.9 Å². The molecule has 0 unspecified atom stereocenters. The molecule has 3 N–H and O–H groups in total. The molecule has 1 amide bonds. The molecule has 104 valence electrons. The van der Waals surface area contributed by atoms with E-state index in [1.54, 1.807) is 12.1 Å². The molecule has 5 heteroatoms. The Bertz CT molecular complexity index is 433. The second kappa shape index (κ2) is 6.12. The number of aliphatic hydroxyl groups excluding tert-OH is 2. The smallest absolute Gasteiger partial charge is 0.253 e. The standard InChI is InChI=1S/C14H20N2O3/c1-9-6-7-10(8-15-9)14(19)16-11-4-2-3-5-12(17)13(11)18/h6-8,11-13,17-18H,2-5H2,1H3,(H,16,19)/t11-,12-,13-/m1/s1. The summed E-state index contributed by atoms with van der Waals surface area (Å²) in [4.78, 5) is 16.1. The fourth-order valence-electron chi connectivity index (χ4n) is 2.34. The summed E-state index contributed by atoms with van der Waals surface area (Å²) in [5, 5.41) is 22.5. The van der Waals surface area contributed by atoms with Crippen molar-refractivity contribution in [1.29, 1.82) is 0 Å². The molecule has 0 spiro atoms. The Morgan fingerprint density at radius 1 is 1.32 bits per heavy atom. The van der Waals surface area contributed by atoms with Crippen LogP contribution in [0.3, 0.4) is 0 Å². The minimum absolute atomic E-state index is 0.259. The number of aliphatic hydroxyl groups is 2. The largest absolute Gasteiger partial charge is 0.390 e. The fourth-order valence-corrected chi connectivity index (χ4v) is 2.34.